The van der Waals surface area contributed by atoms with Crippen LogP contribution in [0.3, 0.4) is 0 Å². The molecule has 0 aliphatic carbocycles. The molecule has 1 nitrogen and oxygen atoms in total. The Kier molecular flexibility index (Phi) is 2.51. The minimum Gasteiger partial charge on any atom is -0.393 e. The number of benzene rings is 2. The summed E-state index contributed by atoms with van der Waals surface area (Å²) in [5.74, 6) is 0. The summed E-state index contributed by atoms with van der Waals surface area (Å²) in [4.78, 5) is 0. The predicted molar refractivity (Wildman–Crippen MR) is 59.3 cm³/mol. The minimum absolute atomic E-state index is 0.277. The van der Waals surface area contributed by atoms with Crippen molar-refractivity contribution >= 4 is 10.8 Å². The van der Waals surface area contributed by atoms with Gasteiger partial charge in [-0.25, -0.2) is 0 Å². The van der Waals surface area contributed by atoms with Gasteiger partial charge in [0.05, 0.1) is 6.10 Å². The smallest absolute Gasteiger partial charge is 0.0552 e. The van der Waals surface area contributed by atoms with Gasteiger partial charge in [0.25, 0.3) is 0 Å². The van der Waals surface area contributed by atoms with Gasteiger partial charge in [0.2, 0.25) is 0 Å². The molecule has 1 N–H and O–H groups in total. The summed E-state index contributed by atoms with van der Waals surface area (Å²) in [5, 5.41) is 11.9. The summed E-state index contributed by atoms with van der Waals surface area (Å²) < 4.78 is 0. The van der Waals surface area contributed by atoms with Gasteiger partial charge in [0.15, 0.2) is 0 Å². The lowest BCUT2D eigenvalue weighted by atomic mass is 10.0. The van der Waals surface area contributed by atoms with Crippen molar-refractivity contribution in [3.63, 3.8) is 0 Å². The standard InChI is InChI=1S/C13H14O/c1-10(14)9-12-7-4-6-11-5-2-3-8-13(11)12/h2-8,10,14H,9H2,1H3. The van der Waals surface area contributed by atoms with Gasteiger partial charge in [-0.2, -0.15) is 0 Å². The molecule has 1 heteroatoms. The van der Waals surface area contributed by atoms with Crippen LogP contribution in [0.4, 0.5) is 0 Å². The second kappa shape index (κ2) is 3.81. The number of hydrogen-bond donors (Lipinski definition) is 1. The third-order valence-corrected chi connectivity index (χ3v) is 2.40. The summed E-state index contributed by atoms with van der Waals surface area (Å²) >= 11 is 0. The zero-order valence-corrected chi connectivity index (χ0v) is 8.27. The second-order valence-corrected chi connectivity index (χ2v) is 3.69. The molecule has 0 heterocycles. The van der Waals surface area contributed by atoms with E-state index in [0.717, 1.165) is 6.42 Å². The van der Waals surface area contributed by atoms with Crippen molar-refractivity contribution in [1.29, 1.82) is 0 Å². The highest BCUT2D eigenvalue weighted by atomic mass is 16.3. The van der Waals surface area contributed by atoms with Gasteiger partial charge in [-0.1, -0.05) is 42.5 Å². The normalized spacial score (nSPS) is 13.0. The van der Waals surface area contributed by atoms with Crippen molar-refractivity contribution in [2.24, 2.45) is 0 Å². The van der Waals surface area contributed by atoms with Gasteiger partial charge in [-0.3, -0.25) is 0 Å². The number of fused-ring (bicyclic) bond motifs is 1. The molecule has 0 aromatic heterocycles. The van der Waals surface area contributed by atoms with Crippen molar-refractivity contribution < 1.29 is 5.11 Å². The van der Waals surface area contributed by atoms with Gasteiger partial charge in [-0.05, 0) is 29.7 Å². The van der Waals surface area contributed by atoms with Crippen molar-refractivity contribution in [3.05, 3.63) is 48.0 Å². The van der Waals surface area contributed by atoms with E-state index in [4.69, 9.17) is 0 Å². The Morgan fingerprint density at radius 2 is 1.79 bits per heavy atom. The molecule has 2 rings (SSSR count). The van der Waals surface area contributed by atoms with E-state index in [1.54, 1.807) is 0 Å². The van der Waals surface area contributed by atoms with Crippen LogP contribution in [0, 0.1) is 0 Å². The fraction of sp³-hybridized carbons (Fsp3) is 0.231. The molecule has 0 amide bonds. The van der Waals surface area contributed by atoms with E-state index in [-0.39, 0.29) is 6.10 Å². The van der Waals surface area contributed by atoms with Crippen LogP contribution >= 0.6 is 0 Å². The first-order chi connectivity index (χ1) is 6.77. The molecule has 0 bridgehead atoms. The fourth-order valence-electron chi connectivity index (χ4n) is 1.79. The Labute approximate surface area is 84.0 Å². The SMILES string of the molecule is CC(O)Cc1cccc2ccccc12. The fourth-order valence-corrected chi connectivity index (χ4v) is 1.79. The van der Waals surface area contributed by atoms with Gasteiger partial charge in [0.1, 0.15) is 0 Å². The highest BCUT2D eigenvalue weighted by Gasteiger charge is 2.02. The summed E-state index contributed by atoms with van der Waals surface area (Å²) in [7, 11) is 0. The molecule has 0 aliphatic heterocycles. The van der Waals surface area contributed by atoms with Crippen LogP contribution in [-0.2, 0) is 6.42 Å². The monoisotopic (exact) mass is 186 g/mol. The van der Waals surface area contributed by atoms with E-state index in [2.05, 4.69) is 24.3 Å². The maximum atomic E-state index is 9.37. The van der Waals surface area contributed by atoms with Crippen molar-refractivity contribution in [2.45, 2.75) is 19.4 Å². The topological polar surface area (TPSA) is 20.2 Å². The average Bonchev–Trinajstić information content (AvgIpc) is 2.18. The Bertz CT molecular complexity index is 427. The number of aliphatic hydroxyl groups is 1. The second-order valence-electron chi connectivity index (χ2n) is 3.69. The first-order valence-electron chi connectivity index (χ1n) is 4.92. The number of aliphatic hydroxyl groups excluding tert-OH is 1. The molecule has 0 saturated carbocycles. The molecule has 2 aromatic rings. The largest absolute Gasteiger partial charge is 0.393 e. The summed E-state index contributed by atoms with van der Waals surface area (Å²) in [6, 6.07) is 14.5. The Morgan fingerprint density at radius 1 is 1.07 bits per heavy atom. The maximum Gasteiger partial charge on any atom is 0.0552 e. The third kappa shape index (κ3) is 1.78. The van der Waals surface area contributed by atoms with Gasteiger partial charge in [0, 0.05) is 0 Å². The van der Waals surface area contributed by atoms with Crippen LogP contribution in [-0.4, -0.2) is 11.2 Å². The van der Waals surface area contributed by atoms with E-state index >= 15 is 0 Å². The van der Waals surface area contributed by atoms with Crippen molar-refractivity contribution in [2.75, 3.05) is 0 Å². The van der Waals surface area contributed by atoms with Crippen LogP contribution in [0.25, 0.3) is 10.8 Å². The highest BCUT2D eigenvalue weighted by Crippen LogP contribution is 2.19. The van der Waals surface area contributed by atoms with Gasteiger partial charge in [-0.15, -0.1) is 0 Å². The maximum absolute atomic E-state index is 9.37. The minimum atomic E-state index is -0.277. The molecule has 1 unspecified atom stereocenters. The third-order valence-electron chi connectivity index (χ3n) is 2.40. The molecule has 2 aromatic carbocycles. The van der Waals surface area contributed by atoms with Crippen LogP contribution in [0.15, 0.2) is 42.5 Å². The molecule has 0 radical (unpaired) electrons. The zero-order valence-electron chi connectivity index (χ0n) is 8.27. The van der Waals surface area contributed by atoms with Crippen LogP contribution < -0.4 is 0 Å². The van der Waals surface area contributed by atoms with E-state index in [0.29, 0.717) is 0 Å². The van der Waals surface area contributed by atoms with E-state index < -0.39 is 0 Å². The Hall–Kier alpha value is -1.34. The molecular formula is C13H14O. The first kappa shape index (κ1) is 9.22. The summed E-state index contributed by atoms with van der Waals surface area (Å²) in [6.45, 7) is 1.82. The summed E-state index contributed by atoms with van der Waals surface area (Å²) in [6.07, 6.45) is 0.447. The first-order valence-corrected chi connectivity index (χ1v) is 4.92. The van der Waals surface area contributed by atoms with Crippen molar-refractivity contribution in [1.82, 2.24) is 0 Å². The molecular weight excluding hydrogens is 172 g/mol. The lowest BCUT2D eigenvalue weighted by molar-refractivity contribution is 0.196. The average molecular weight is 186 g/mol. The number of hydrogen-bond acceptors (Lipinski definition) is 1. The van der Waals surface area contributed by atoms with Crippen LogP contribution in [0.5, 0.6) is 0 Å². The van der Waals surface area contributed by atoms with E-state index in [1.807, 2.05) is 25.1 Å². The van der Waals surface area contributed by atoms with Crippen LogP contribution in [0.2, 0.25) is 0 Å². The molecule has 1 atom stereocenters. The molecule has 0 aliphatic rings. The number of rotatable bonds is 2. The van der Waals surface area contributed by atoms with Gasteiger partial charge >= 0.3 is 0 Å². The predicted octanol–water partition coefficient (Wildman–Crippen LogP) is 2.76. The lowest BCUT2D eigenvalue weighted by Crippen LogP contribution is -2.04. The molecule has 0 spiro atoms. The summed E-state index contributed by atoms with van der Waals surface area (Å²) in [5.41, 5.74) is 1.22. The lowest BCUT2D eigenvalue weighted by Gasteiger charge is -2.07. The molecule has 72 valence electrons. The van der Waals surface area contributed by atoms with E-state index in [9.17, 15) is 5.11 Å². The molecule has 14 heavy (non-hydrogen) atoms. The molecule has 0 fully saturated rings. The highest BCUT2D eigenvalue weighted by molar-refractivity contribution is 5.85. The zero-order chi connectivity index (χ0) is 9.97. The van der Waals surface area contributed by atoms with E-state index in [1.165, 1.54) is 16.3 Å². The Morgan fingerprint density at radius 3 is 2.57 bits per heavy atom. The molecule has 0 saturated heterocycles. The Balaban J connectivity index is 2.53. The van der Waals surface area contributed by atoms with Gasteiger partial charge < -0.3 is 5.11 Å². The van der Waals surface area contributed by atoms with Crippen molar-refractivity contribution in [3.8, 4) is 0 Å². The quantitative estimate of drug-likeness (QED) is 0.764. The van der Waals surface area contributed by atoms with Crippen LogP contribution in [0.1, 0.15) is 12.5 Å².